The SMILES string of the molecule is CC(C)(C)C[C@H](c1ccccc1)[S@@](=O)c1ccccn1. The van der Waals surface area contributed by atoms with Gasteiger partial charge >= 0.3 is 0 Å². The first-order chi connectivity index (χ1) is 9.47. The number of benzene rings is 1. The molecule has 0 saturated carbocycles. The normalized spacial score (nSPS) is 14.8. The van der Waals surface area contributed by atoms with Crippen LogP contribution in [-0.4, -0.2) is 9.19 Å². The van der Waals surface area contributed by atoms with Gasteiger partial charge in [0.05, 0.1) is 16.0 Å². The number of nitrogens with zero attached hydrogens (tertiary/aromatic N) is 1. The lowest BCUT2D eigenvalue weighted by atomic mass is 9.88. The van der Waals surface area contributed by atoms with Crippen molar-refractivity contribution in [1.82, 2.24) is 4.98 Å². The molecule has 2 atom stereocenters. The van der Waals surface area contributed by atoms with Gasteiger partial charge in [-0.15, -0.1) is 0 Å². The highest BCUT2D eigenvalue weighted by atomic mass is 32.2. The second-order valence-electron chi connectivity index (χ2n) is 6.13. The molecule has 0 amide bonds. The van der Waals surface area contributed by atoms with E-state index in [2.05, 4.69) is 37.9 Å². The van der Waals surface area contributed by atoms with Crippen LogP contribution in [0.3, 0.4) is 0 Å². The summed E-state index contributed by atoms with van der Waals surface area (Å²) in [6.07, 6.45) is 2.56. The molecule has 0 spiro atoms. The highest BCUT2D eigenvalue weighted by molar-refractivity contribution is 7.85. The second kappa shape index (κ2) is 6.31. The molecule has 2 aromatic rings. The smallest absolute Gasteiger partial charge is 0.127 e. The summed E-state index contributed by atoms with van der Waals surface area (Å²) in [7, 11) is -1.13. The average Bonchev–Trinajstić information content (AvgIpc) is 2.45. The molecular weight excluding hydrogens is 266 g/mol. The van der Waals surface area contributed by atoms with E-state index in [1.165, 1.54) is 0 Å². The summed E-state index contributed by atoms with van der Waals surface area (Å²) < 4.78 is 12.9. The van der Waals surface area contributed by atoms with Gasteiger partial charge in [-0.2, -0.15) is 0 Å². The molecule has 0 saturated heterocycles. The molecule has 0 N–H and O–H groups in total. The minimum absolute atomic E-state index is 0.0221. The largest absolute Gasteiger partial charge is 0.252 e. The van der Waals surface area contributed by atoms with Crippen LogP contribution in [-0.2, 0) is 10.8 Å². The van der Waals surface area contributed by atoms with Gasteiger partial charge in [0, 0.05) is 6.20 Å². The van der Waals surface area contributed by atoms with Gasteiger partial charge in [0.1, 0.15) is 5.03 Å². The van der Waals surface area contributed by atoms with Crippen LogP contribution in [0, 0.1) is 5.41 Å². The molecule has 1 aromatic heterocycles. The van der Waals surface area contributed by atoms with Crippen molar-refractivity contribution in [3.05, 3.63) is 60.3 Å². The quantitative estimate of drug-likeness (QED) is 0.836. The average molecular weight is 287 g/mol. The van der Waals surface area contributed by atoms with Gasteiger partial charge in [0.2, 0.25) is 0 Å². The maximum Gasteiger partial charge on any atom is 0.127 e. The Labute approximate surface area is 123 Å². The maximum atomic E-state index is 12.9. The van der Waals surface area contributed by atoms with E-state index in [0.29, 0.717) is 5.03 Å². The van der Waals surface area contributed by atoms with E-state index in [1.54, 1.807) is 6.20 Å². The van der Waals surface area contributed by atoms with Gasteiger partial charge in [0.25, 0.3) is 0 Å². The van der Waals surface area contributed by atoms with Gasteiger partial charge in [-0.1, -0.05) is 57.2 Å². The fourth-order valence-corrected chi connectivity index (χ4v) is 3.88. The predicted octanol–water partition coefficient (Wildman–Crippen LogP) is 4.37. The third-order valence-corrected chi connectivity index (χ3v) is 4.68. The van der Waals surface area contributed by atoms with E-state index >= 15 is 0 Å². The molecule has 1 aromatic carbocycles. The number of aromatic nitrogens is 1. The summed E-state index contributed by atoms with van der Waals surface area (Å²) in [4.78, 5) is 4.25. The van der Waals surface area contributed by atoms with Crippen molar-refractivity contribution >= 4 is 10.8 Å². The molecule has 0 fully saturated rings. The molecular formula is C17H21NOS. The van der Waals surface area contributed by atoms with E-state index in [1.807, 2.05) is 36.4 Å². The topological polar surface area (TPSA) is 30.0 Å². The van der Waals surface area contributed by atoms with Crippen molar-refractivity contribution in [3.8, 4) is 0 Å². The molecule has 20 heavy (non-hydrogen) atoms. The molecule has 2 nitrogen and oxygen atoms in total. The molecule has 0 bridgehead atoms. The van der Waals surface area contributed by atoms with Gasteiger partial charge in [0.15, 0.2) is 0 Å². The minimum Gasteiger partial charge on any atom is -0.252 e. The Hall–Kier alpha value is -1.48. The van der Waals surface area contributed by atoms with E-state index in [0.717, 1.165) is 12.0 Å². The van der Waals surface area contributed by atoms with E-state index < -0.39 is 10.8 Å². The predicted molar refractivity (Wildman–Crippen MR) is 83.9 cm³/mol. The van der Waals surface area contributed by atoms with Crippen LogP contribution in [0.1, 0.15) is 38.0 Å². The third-order valence-electron chi connectivity index (χ3n) is 3.07. The molecule has 0 unspecified atom stereocenters. The van der Waals surface area contributed by atoms with Crippen LogP contribution in [0.2, 0.25) is 0 Å². The van der Waals surface area contributed by atoms with Crippen molar-refractivity contribution in [2.75, 3.05) is 0 Å². The summed E-state index contributed by atoms with van der Waals surface area (Å²) in [6, 6.07) is 15.7. The summed E-state index contributed by atoms with van der Waals surface area (Å²) in [6.45, 7) is 6.54. The van der Waals surface area contributed by atoms with Gasteiger partial charge in [-0.05, 0) is 29.5 Å². The summed E-state index contributed by atoms with van der Waals surface area (Å²) in [5.74, 6) is 0. The standard InChI is InChI=1S/C17H21NOS/c1-17(2,3)13-15(14-9-5-4-6-10-14)20(19)16-11-7-8-12-18-16/h4-12,15H,13H2,1-3H3/t15-,20-/m1/s1. The second-order valence-corrected chi connectivity index (χ2v) is 7.71. The van der Waals surface area contributed by atoms with E-state index in [4.69, 9.17) is 0 Å². The van der Waals surface area contributed by atoms with Crippen LogP contribution in [0.25, 0.3) is 0 Å². The number of rotatable bonds is 4. The Kier molecular flexibility index (Phi) is 4.71. The molecule has 0 aliphatic carbocycles. The first kappa shape index (κ1) is 14.9. The van der Waals surface area contributed by atoms with Gasteiger partial charge in [-0.25, -0.2) is 4.98 Å². The molecule has 0 radical (unpaired) electrons. The molecule has 1 heterocycles. The molecule has 0 aliphatic rings. The zero-order chi connectivity index (χ0) is 14.6. The van der Waals surface area contributed by atoms with Gasteiger partial charge < -0.3 is 0 Å². The fourth-order valence-electron chi connectivity index (χ4n) is 2.15. The molecule has 0 aliphatic heterocycles. The third kappa shape index (κ3) is 4.01. The van der Waals surface area contributed by atoms with Crippen LogP contribution < -0.4 is 0 Å². The maximum absolute atomic E-state index is 12.9. The minimum atomic E-state index is -1.13. The van der Waals surface area contributed by atoms with Crippen LogP contribution in [0.4, 0.5) is 0 Å². The van der Waals surface area contributed by atoms with Crippen molar-refractivity contribution in [2.24, 2.45) is 5.41 Å². The summed E-state index contributed by atoms with van der Waals surface area (Å²) in [5.41, 5.74) is 1.23. The lowest BCUT2D eigenvalue weighted by Crippen LogP contribution is -2.16. The Morgan fingerprint density at radius 1 is 1.05 bits per heavy atom. The van der Waals surface area contributed by atoms with Crippen LogP contribution >= 0.6 is 0 Å². The van der Waals surface area contributed by atoms with Crippen molar-refractivity contribution in [1.29, 1.82) is 0 Å². The Morgan fingerprint density at radius 3 is 2.25 bits per heavy atom. The first-order valence-corrected chi connectivity index (χ1v) is 8.05. The van der Waals surface area contributed by atoms with Crippen molar-refractivity contribution in [3.63, 3.8) is 0 Å². The van der Waals surface area contributed by atoms with Crippen molar-refractivity contribution < 1.29 is 4.21 Å². The first-order valence-electron chi connectivity index (χ1n) is 6.84. The molecule has 2 rings (SSSR count). The van der Waals surface area contributed by atoms with Crippen molar-refractivity contribution in [2.45, 2.75) is 37.5 Å². The Morgan fingerprint density at radius 2 is 1.70 bits per heavy atom. The highest BCUT2D eigenvalue weighted by Crippen LogP contribution is 2.35. The lowest BCUT2D eigenvalue weighted by Gasteiger charge is -2.25. The fraction of sp³-hybridized carbons (Fsp3) is 0.353. The monoisotopic (exact) mass is 287 g/mol. The summed E-state index contributed by atoms with van der Waals surface area (Å²) in [5, 5.41) is 0.636. The highest BCUT2D eigenvalue weighted by Gasteiger charge is 2.26. The zero-order valence-electron chi connectivity index (χ0n) is 12.2. The number of pyridine rings is 1. The van der Waals surface area contributed by atoms with E-state index in [-0.39, 0.29) is 10.7 Å². The Balaban J connectivity index is 2.35. The molecule has 106 valence electrons. The Bertz CT molecular complexity index is 561. The van der Waals surface area contributed by atoms with Crippen LogP contribution in [0.15, 0.2) is 59.8 Å². The van der Waals surface area contributed by atoms with E-state index in [9.17, 15) is 4.21 Å². The molecule has 3 heteroatoms. The number of hydrogen-bond acceptors (Lipinski definition) is 2. The lowest BCUT2D eigenvalue weighted by molar-refractivity contribution is 0.371. The van der Waals surface area contributed by atoms with Crippen LogP contribution in [0.5, 0.6) is 0 Å². The number of hydrogen-bond donors (Lipinski definition) is 0. The van der Waals surface area contributed by atoms with Gasteiger partial charge in [-0.3, -0.25) is 4.21 Å². The summed E-state index contributed by atoms with van der Waals surface area (Å²) >= 11 is 0. The zero-order valence-corrected chi connectivity index (χ0v) is 13.1.